The second-order valence-electron chi connectivity index (χ2n) is 6.35. The maximum atomic E-state index is 13.0. The number of likely N-dealkylation sites (tertiary alicyclic amines) is 1. The van der Waals surface area contributed by atoms with Crippen LogP contribution in [0.25, 0.3) is 0 Å². The van der Waals surface area contributed by atoms with Crippen LogP contribution in [0.15, 0.2) is 55.0 Å². The van der Waals surface area contributed by atoms with Gasteiger partial charge in [-0.05, 0) is 42.8 Å². The van der Waals surface area contributed by atoms with Crippen LogP contribution in [0.2, 0.25) is 0 Å². The lowest BCUT2D eigenvalue weighted by Gasteiger charge is -2.16. The lowest BCUT2D eigenvalue weighted by molar-refractivity contribution is 0.326. The second kappa shape index (κ2) is 7.53. The molecule has 3 heterocycles. The molecule has 1 N–H and O–H groups in total. The fraction of sp³-hybridized carbons (Fsp3) is 0.263. The van der Waals surface area contributed by atoms with Crippen LogP contribution in [0.3, 0.4) is 0 Å². The van der Waals surface area contributed by atoms with E-state index in [-0.39, 0.29) is 5.82 Å². The number of nitrogens with one attached hydrogen (secondary N) is 1. The van der Waals surface area contributed by atoms with Gasteiger partial charge in [0.1, 0.15) is 5.82 Å². The topological polar surface area (TPSA) is 66.8 Å². The normalized spacial score (nSPS) is 17.3. The number of nitrogens with zero attached hydrogens (tertiary/aromatic N) is 5. The van der Waals surface area contributed by atoms with Crippen molar-refractivity contribution in [3.05, 3.63) is 72.1 Å². The van der Waals surface area contributed by atoms with Gasteiger partial charge in [-0.2, -0.15) is 0 Å². The van der Waals surface area contributed by atoms with Gasteiger partial charge in [-0.1, -0.05) is 12.1 Å². The molecule has 0 spiro atoms. The highest BCUT2D eigenvalue weighted by Gasteiger charge is 2.25. The van der Waals surface area contributed by atoms with E-state index in [1.807, 2.05) is 18.2 Å². The predicted octanol–water partition coefficient (Wildman–Crippen LogP) is 3.14. The first-order valence-corrected chi connectivity index (χ1v) is 8.60. The smallest absolute Gasteiger partial charge is 0.229 e. The minimum atomic E-state index is -0.198. The quantitative estimate of drug-likeness (QED) is 0.762. The van der Waals surface area contributed by atoms with Crippen LogP contribution < -0.4 is 5.32 Å². The fourth-order valence-corrected chi connectivity index (χ4v) is 3.19. The van der Waals surface area contributed by atoms with Crippen molar-refractivity contribution in [2.24, 2.45) is 0 Å². The molecule has 132 valence electrons. The van der Waals surface area contributed by atoms with Crippen LogP contribution in [0.1, 0.15) is 23.6 Å². The third-order valence-electron chi connectivity index (χ3n) is 4.48. The summed E-state index contributed by atoms with van der Waals surface area (Å²) in [6.45, 7) is 2.75. The van der Waals surface area contributed by atoms with E-state index in [2.05, 4.69) is 30.2 Å². The molecule has 0 bridgehead atoms. The molecule has 1 atom stereocenters. The van der Waals surface area contributed by atoms with Gasteiger partial charge in [0.15, 0.2) is 0 Å². The average Bonchev–Trinajstić information content (AvgIpc) is 3.13. The Bertz CT molecular complexity index is 855. The van der Waals surface area contributed by atoms with Gasteiger partial charge in [0.25, 0.3) is 0 Å². The zero-order chi connectivity index (χ0) is 17.8. The van der Waals surface area contributed by atoms with Crippen molar-refractivity contribution < 1.29 is 4.39 Å². The SMILES string of the molecule is Fc1ccc(CN2CC[C@@H](c3ccnc(Nc4ncccn4)n3)C2)cc1. The van der Waals surface area contributed by atoms with Crippen molar-refractivity contribution in [2.75, 3.05) is 18.4 Å². The molecule has 0 saturated carbocycles. The highest BCUT2D eigenvalue weighted by atomic mass is 19.1. The van der Waals surface area contributed by atoms with Crippen molar-refractivity contribution in [2.45, 2.75) is 18.9 Å². The highest BCUT2D eigenvalue weighted by Crippen LogP contribution is 2.27. The third-order valence-corrected chi connectivity index (χ3v) is 4.48. The van der Waals surface area contributed by atoms with Crippen LogP contribution in [0.5, 0.6) is 0 Å². The van der Waals surface area contributed by atoms with E-state index in [1.165, 1.54) is 12.1 Å². The minimum Gasteiger partial charge on any atom is -0.298 e. The minimum absolute atomic E-state index is 0.198. The van der Waals surface area contributed by atoms with E-state index in [9.17, 15) is 4.39 Å². The molecule has 2 aromatic heterocycles. The zero-order valence-corrected chi connectivity index (χ0v) is 14.2. The number of hydrogen-bond donors (Lipinski definition) is 1. The Balaban J connectivity index is 1.40. The summed E-state index contributed by atoms with van der Waals surface area (Å²) in [5.74, 6) is 1.15. The predicted molar refractivity (Wildman–Crippen MR) is 96.4 cm³/mol. The van der Waals surface area contributed by atoms with E-state index in [0.717, 1.165) is 37.3 Å². The molecule has 1 fully saturated rings. The number of anilines is 2. The highest BCUT2D eigenvalue weighted by molar-refractivity contribution is 5.41. The molecule has 3 aromatic rings. The summed E-state index contributed by atoms with van der Waals surface area (Å²) in [6, 6.07) is 10.4. The van der Waals surface area contributed by atoms with Crippen LogP contribution in [0, 0.1) is 5.82 Å². The van der Waals surface area contributed by atoms with Gasteiger partial charge in [0.2, 0.25) is 11.9 Å². The Morgan fingerprint density at radius 2 is 1.77 bits per heavy atom. The summed E-state index contributed by atoms with van der Waals surface area (Å²) in [6.07, 6.45) is 6.14. The summed E-state index contributed by atoms with van der Waals surface area (Å²) < 4.78 is 13.0. The maximum Gasteiger partial charge on any atom is 0.229 e. The van der Waals surface area contributed by atoms with E-state index in [1.54, 1.807) is 24.7 Å². The molecular formula is C19H19FN6. The molecule has 1 aromatic carbocycles. The van der Waals surface area contributed by atoms with Gasteiger partial charge in [-0.15, -0.1) is 0 Å². The largest absolute Gasteiger partial charge is 0.298 e. The number of aromatic nitrogens is 4. The zero-order valence-electron chi connectivity index (χ0n) is 14.2. The van der Waals surface area contributed by atoms with E-state index >= 15 is 0 Å². The van der Waals surface area contributed by atoms with Gasteiger partial charge in [-0.3, -0.25) is 10.2 Å². The first-order chi connectivity index (χ1) is 12.8. The Hall–Kier alpha value is -2.93. The van der Waals surface area contributed by atoms with Crippen molar-refractivity contribution in [1.29, 1.82) is 0 Å². The second-order valence-corrected chi connectivity index (χ2v) is 6.35. The molecule has 1 saturated heterocycles. The Kier molecular flexibility index (Phi) is 4.79. The fourth-order valence-electron chi connectivity index (χ4n) is 3.19. The molecule has 26 heavy (non-hydrogen) atoms. The molecule has 7 heteroatoms. The number of hydrogen-bond acceptors (Lipinski definition) is 6. The third kappa shape index (κ3) is 4.00. The Labute approximate surface area is 151 Å². The number of rotatable bonds is 5. The molecule has 0 amide bonds. The summed E-state index contributed by atoms with van der Waals surface area (Å²) in [7, 11) is 0. The standard InChI is InChI=1S/C19H19FN6/c20-16-4-2-14(3-5-16)12-26-11-7-15(13-26)17-6-10-23-19(24-17)25-18-21-8-1-9-22-18/h1-6,8-10,15H,7,11-13H2,(H,21,22,23,24,25)/t15-/m1/s1. The maximum absolute atomic E-state index is 13.0. The van der Waals surface area contributed by atoms with Gasteiger partial charge in [0.05, 0.1) is 5.69 Å². The number of halogens is 1. The molecule has 1 aliphatic rings. The van der Waals surface area contributed by atoms with Crippen molar-refractivity contribution >= 4 is 11.9 Å². The van der Waals surface area contributed by atoms with Gasteiger partial charge >= 0.3 is 0 Å². The molecule has 0 radical (unpaired) electrons. The van der Waals surface area contributed by atoms with Crippen LogP contribution >= 0.6 is 0 Å². The van der Waals surface area contributed by atoms with Crippen LogP contribution in [0.4, 0.5) is 16.3 Å². The van der Waals surface area contributed by atoms with Crippen LogP contribution in [-0.4, -0.2) is 37.9 Å². The first-order valence-electron chi connectivity index (χ1n) is 8.60. The molecule has 4 rings (SSSR count). The van der Waals surface area contributed by atoms with Gasteiger partial charge < -0.3 is 0 Å². The van der Waals surface area contributed by atoms with E-state index < -0.39 is 0 Å². The number of benzene rings is 1. The van der Waals surface area contributed by atoms with E-state index in [4.69, 9.17) is 0 Å². The summed E-state index contributed by atoms with van der Waals surface area (Å²) in [5.41, 5.74) is 2.14. The van der Waals surface area contributed by atoms with Gasteiger partial charge in [0, 0.05) is 37.6 Å². The molecule has 0 unspecified atom stereocenters. The molecule has 0 aliphatic carbocycles. The lowest BCUT2D eigenvalue weighted by Crippen LogP contribution is -2.20. The first kappa shape index (κ1) is 16.5. The summed E-state index contributed by atoms with van der Waals surface area (Å²) in [4.78, 5) is 19.5. The summed E-state index contributed by atoms with van der Waals surface area (Å²) in [5, 5.41) is 3.03. The molecule has 1 aliphatic heterocycles. The van der Waals surface area contributed by atoms with Crippen molar-refractivity contribution in [1.82, 2.24) is 24.8 Å². The Morgan fingerprint density at radius 1 is 1.00 bits per heavy atom. The average molecular weight is 350 g/mol. The Morgan fingerprint density at radius 3 is 2.58 bits per heavy atom. The van der Waals surface area contributed by atoms with Crippen LogP contribution in [-0.2, 0) is 6.54 Å². The summed E-state index contributed by atoms with van der Waals surface area (Å²) >= 11 is 0. The monoisotopic (exact) mass is 350 g/mol. The van der Waals surface area contributed by atoms with Gasteiger partial charge in [-0.25, -0.2) is 24.3 Å². The van der Waals surface area contributed by atoms with E-state index in [0.29, 0.717) is 17.8 Å². The molecule has 6 nitrogen and oxygen atoms in total. The lowest BCUT2D eigenvalue weighted by atomic mass is 10.1. The van der Waals surface area contributed by atoms with Crippen molar-refractivity contribution in [3.8, 4) is 0 Å². The molecular weight excluding hydrogens is 331 g/mol. The van der Waals surface area contributed by atoms with Crippen molar-refractivity contribution in [3.63, 3.8) is 0 Å².